The quantitative estimate of drug-likeness (QED) is 0.823. The Morgan fingerprint density at radius 3 is 3.00 bits per heavy atom. The van der Waals surface area contributed by atoms with Crippen molar-refractivity contribution < 1.29 is 4.79 Å². The lowest BCUT2D eigenvalue weighted by Crippen LogP contribution is -2.49. The first-order valence-corrected chi connectivity index (χ1v) is 7.03. The van der Waals surface area contributed by atoms with Gasteiger partial charge in [-0.2, -0.15) is 0 Å². The van der Waals surface area contributed by atoms with Crippen molar-refractivity contribution in [2.24, 2.45) is 5.73 Å². The van der Waals surface area contributed by atoms with E-state index in [0.717, 1.165) is 32.2 Å². The summed E-state index contributed by atoms with van der Waals surface area (Å²) in [6.07, 6.45) is 7.53. The van der Waals surface area contributed by atoms with Gasteiger partial charge in [0.05, 0.1) is 6.54 Å². The fourth-order valence-corrected chi connectivity index (χ4v) is 2.89. The summed E-state index contributed by atoms with van der Waals surface area (Å²) in [5, 5.41) is 0. The third-order valence-electron chi connectivity index (χ3n) is 4.21. The molecule has 102 valence electrons. The van der Waals surface area contributed by atoms with Crippen molar-refractivity contribution >= 4 is 5.91 Å². The Morgan fingerprint density at radius 2 is 2.39 bits per heavy atom. The molecule has 2 aliphatic rings. The summed E-state index contributed by atoms with van der Waals surface area (Å²) in [6.45, 7) is 3.64. The Bertz CT molecular complexity index is 340. The summed E-state index contributed by atoms with van der Waals surface area (Å²) in [7, 11) is 1.90. The highest BCUT2D eigenvalue weighted by molar-refractivity contribution is 5.79. The molecule has 2 N–H and O–H groups in total. The molecule has 1 aliphatic carbocycles. The molecule has 1 aliphatic heterocycles. The number of nitrogens with zero attached hydrogens (tertiary/aromatic N) is 2. The molecule has 0 spiro atoms. The van der Waals surface area contributed by atoms with Gasteiger partial charge in [-0.05, 0) is 39.0 Å². The topological polar surface area (TPSA) is 49.6 Å². The van der Waals surface area contributed by atoms with E-state index < -0.39 is 0 Å². The molecular formula is C14H25N3O. The molecule has 0 radical (unpaired) electrons. The van der Waals surface area contributed by atoms with Crippen LogP contribution in [0.4, 0.5) is 0 Å². The highest BCUT2D eigenvalue weighted by Crippen LogP contribution is 2.21. The average molecular weight is 251 g/mol. The van der Waals surface area contributed by atoms with E-state index >= 15 is 0 Å². The maximum absolute atomic E-state index is 12.2. The van der Waals surface area contributed by atoms with Crippen LogP contribution >= 0.6 is 0 Å². The number of piperidine rings is 1. The van der Waals surface area contributed by atoms with E-state index in [1.807, 2.05) is 11.9 Å². The number of hydrogen-bond donors (Lipinski definition) is 1. The highest BCUT2D eigenvalue weighted by Gasteiger charge is 2.26. The van der Waals surface area contributed by atoms with Gasteiger partial charge in [0.15, 0.2) is 0 Å². The number of carbonyl (C=O) groups excluding carboxylic acids is 1. The van der Waals surface area contributed by atoms with Crippen LogP contribution in [-0.2, 0) is 4.79 Å². The lowest BCUT2D eigenvalue weighted by atomic mass is 9.99. The van der Waals surface area contributed by atoms with Gasteiger partial charge in [-0.1, -0.05) is 6.08 Å². The van der Waals surface area contributed by atoms with Crippen LogP contribution in [0.5, 0.6) is 0 Å². The minimum Gasteiger partial charge on any atom is -0.328 e. The molecule has 2 atom stereocenters. The fourth-order valence-electron chi connectivity index (χ4n) is 2.89. The van der Waals surface area contributed by atoms with Gasteiger partial charge in [0.1, 0.15) is 0 Å². The standard InChI is InChI=1S/C14H25N3O/c1-11-9-12(15)7-8-17(11)10-14(18)16(2)13-5-3-4-6-13/h5,11-12H,3-4,6-10,15H2,1-2H3. The summed E-state index contributed by atoms with van der Waals surface area (Å²) in [5.41, 5.74) is 7.14. The normalized spacial score (nSPS) is 29.2. The van der Waals surface area contributed by atoms with Crippen molar-refractivity contribution in [3.8, 4) is 0 Å². The number of hydrogen-bond acceptors (Lipinski definition) is 3. The van der Waals surface area contributed by atoms with Crippen LogP contribution in [0.1, 0.15) is 39.0 Å². The molecule has 1 heterocycles. The van der Waals surface area contributed by atoms with Crippen molar-refractivity contribution in [1.82, 2.24) is 9.80 Å². The van der Waals surface area contributed by atoms with Crippen LogP contribution in [0.15, 0.2) is 11.8 Å². The third-order valence-corrected chi connectivity index (χ3v) is 4.21. The number of likely N-dealkylation sites (N-methyl/N-ethyl adjacent to an activating group) is 1. The van der Waals surface area contributed by atoms with E-state index in [0.29, 0.717) is 18.6 Å². The number of likely N-dealkylation sites (tertiary alicyclic amines) is 1. The van der Waals surface area contributed by atoms with Crippen LogP contribution in [0, 0.1) is 0 Å². The molecule has 2 unspecified atom stereocenters. The van der Waals surface area contributed by atoms with Crippen LogP contribution in [0.3, 0.4) is 0 Å². The lowest BCUT2D eigenvalue weighted by Gasteiger charge is -2.36. The molecule has 1 amide bonds. The lowest BCUT2D eigenvalue weighted by molar-refractivity contribution is -0.130. The Hall–Kier alpha value is -0.870. The summed E-state index contributed by atoms with van der Waals surface area (Å²) < 4.78 is 0. The predicted octanol–water partition coefficient (Wildman–Crippen LogP) is 1.32. The molecule has 4 nitrogen and oxygen atoms in total. The second-order valence-corrected chi connectivity index (χ2v) is 5.64. The summed E-state index contributed by atoms with van der Waals surface area (Å²) in [5.74, 6) is 0.213. The van der Waals surface area contributed by atoms with E-state index in [9.17, 15) is 4.79 Å². The Balaban J connectivity index is 1.87. The Kier molecular flexibility index (Phi) is 4.40. The zero-order valence-electron chi connectivity index (χ0n) is 11.6. The SMILES string of the molecule is CC1CC(N)CCN1CC(=O)N(C)C1=CCCC1. The molecule has 18 heavy (non-hydrogen) atoms. The van der Waals surface area contributed by atoms with Crippen LogP contribution in [0.2, 0.25) is 0 Å². The number of amides is 1. The molecular weight excluding hydrogens is 226 g/mol. The van der Waals surface area contributed by atoms with Crippen molar-refractivity contribution in [1.29, 1.82) is 0 Å². The van der Waals surface area contributed by atoms with E-state index in [1.54, 1.807) is 0 Å². The predicted molar refractivity (Wildman–Crippen MR) is 72.9 cm³/mol. The van der Waals surface area contributed by atoms with E-state index in [2.05, 4.69) is 17.9 Å². The molecule has 0 bridgehead atoms. The van der Waals surface area contributed by atoms with Crippen molar-refractivity contribution in [2.45, 2.75) is 51.1 Å². The fraction of sp³-hybridized carbons (Fsp3) is 0.786. The van der Waals surface area contributed by atoms with Crippen molar-refractivity contribution in [2.75, 3.05) is 20.1 Å². The first-order chi connectivity index (χ1) is 8.58. The smallest absolute Gasteiger partial charge is 0.240 e. The van der Waals surface area contributed by atoms with Gasteiger partial charge >= 0.3 is 0 Å². The second kappa shape index (κ2) is 5.85. The largest absolute Gasteiger partial charge is 0.328 e. The summed E-state index contributed by atoms with van der Waals surface area (Å²) >= 11 is 0. The number of rotatable bonds is 3. The molecule has 1 saturated heterocycles. The third kappa shape index (κ3) is 3.12. The average Bonchev–Trinajstić information content (AvgIpc) is 2.85. The first kappa shape index (κ1) is 13.6. The van der Waals surface area contributed by atoms with E-state index in [4.69, 9.17) is 5.73 Å². The van der Waals surface area contributed by atoms with Crippen molar-refractivity contribution in [3.63, 3.8) is 0 Å². The minimum absolute atomic E-state index is 0.213. The zero-order chi connectivity index (χ0) is 13.1. The van der Waals surface area contributed by atoms with Gasteiger partial charge in [-0.15, -0.1) is 0 Å². The van der Waals surface area contributed by atoms with Gasteiger partial charge < -0.3 is 10.6 Å². The van der Waals surface area contributed by atoms with E-state index in [1.165, 1.54) is 12.1 Å². The molecule has 2 rings (SSSR count). The maximum atomic E-state index is 12.2. The zero-order valence-corrected chi connectivity index (χ0v) is 11.6. The summed E-state index contributed by atoms with van der Waals surface area (Å²) in [6, 6.07) is 0.727. The second-order valence-electron chi connectivity index (χ2n) is 5.64. The van der Waals surface area contributed by atoms with Crippen LogP contribution < -0.4 is 5.73 Å². The highest BCUT2D eigenvalue weighted by atomic mass is 16.2. The summed E-state index contributed by atoms with van der Waals surface area (Å²) in [4.78, 5) is 16.3. The molecule has 0 aromatic heterocycles. The molecule has 0 aromatic rings. The van der Waals surface area contributed by atoms with Gasteiger partial charge in [-0.25, -0.2) is 0 Å². The number of allylic oxidation sites excluding steroid dienone is 2. The molecule has 0 saturated carbocycles. The molecule has 1 fully saturated rings. The first-order valence-electron chi connectivity index (χ1n) is 7.03. The number of nitrogens with two attached hydrogens (primary N) is 1. The van der Waals surface area contributed by atoms with Crippen molar-refractivity contribution in [3.05, 3.63) is 11.8 Å². The van der Waals surface area contributed by atoms with Gasteiger partial charge in [0.25, 0.3) is 0 Å². The van der Waals surface area contributed by atoms with Gasteiger partial charge in [0.2, 0.25) is 5.91 Å². The maximum Gasteiger partial charge on any atom is 0.240 e. The number of carbonyl (C=O) groups is 1. The van der Waals surface area contributed by atoms with Crippen LogP contribution in [0.25, 0.3) is 0 Å². The van der Waals surface area contributed by atoms with Crippen LogP contribution in [-0.4, -0.2) is 47.9 Å². The Labute approximate surface area is 110 Å². The van der Waals surface area contributed by atoms with Gasteiger partial charge in [0, 0.05) is 31.4 Å². The Morgan fingerprint density at radius 1 is 1.61 bits per heavy atom. The molecule has 0 aromatic carbocycles. The van der Waals surface area contributed by atoms with Gasteiger partial charge in [-0.3, -0.25) is 9.69 Å². The minimum atomic E-state index is 0.213. The van der Waals surface area contributed by atoms with E-state index in [-0.39, 0.29) is 5.91 Å². The monoisotopic (exact) mass is 251 g/mol. The molecule has 4 heteroatoms.